The van der Waals surface area contributed by atoms with Gasteiger partial charge in [0, 0.05) is 31.6 Å². The van der Waals surface area contributed by atoms with Crippen molar-refractivity contribution in [3.63, 3.8) is 0 Å². The summed E-state index contributed by atoms with van der Waals surface area (Å²) in [6.07, 6.45) is 1.45. The molecule has 0 saturated heterocycles. The van der Waals surface area contributed by atoms with E-state index in [4.69, 9.17) is 5.11 Å². The molecular weight excluding hydrogens is 356 g/mol. The Labute approximate surface area is 164 Å². The molecule has 1 aliphatic heterocycles. The van der Waals surface area contributed by atoms with Gasteiger partial charge < -0.3 is 14.9 Å². The maximum atomic E-state index is 13.0. The molecule has 0 saturated carbocycles. The van der Waals surface area contributed by atoms with Crippen molar-refractivity contribution in [3.05, 3.63) is 65.7 Å². The van der Waals surface area contributed by atoms with Crippen LogP contribution < -0.4 is 4.90 Å². The minimum atomic E-state index is -0.882. The van der Waals surface area contributed by atoms with Crippen molar-refractivity contribution in [2.45, 2.75) is 32.2 Å². The van der Waals surface area contributed by atoms with Crippen molar-refractivity contribution in [2.75, 3.05) is 18.0 Å². The normalized spacial score (nSPS) is 13.1. The van der Waals surface area contributed by atoms with Gasteiger partial charge in [-0.2, -0.15) is 0 Å². The number of anilines is 1. The average Bonchev–Trinajstić information content (AvgIpc) is 2.70. The highest BCUT2D eigenvalue weighted by Crippen LogP contribution is 2.27. The second kappa shape index (κ2) is 9.17. The molecule has 0 aromatic heterocycles. The molecule has 146 valence electrons. The summed E-state index contributed by atoms with van der Waals surface area (Å²) in [4.78, 5) is 39.5. The maximum absolute atomic E-state index is 13.0. The molecule has 2 amide bonds. The molecule has 0 unspecified atom stereocenters. The predicted octanol–water partition coefficient (Wildman–Crippen LogP) is 2.86. The van der Waals surface area contributed by atoms with E-state index in [2.05, 4.69) is 0 Å². The van der Waals surface area contributed by atoms with Crippen molar-refractivity contribution in [2.24, 2.45) is 0 Å². The summed E-state index contributed by atoms with van der Waals surface area (Å²) in [6, 6.07) is 17.2. The zero-order valence-corrected chi connectivity index (χ0v) is 15.7. The van der Waals surface area contributed by atoms with Crippen molar-refractivity contribution < 1.29 is 19.5 Å². The first-order valence-corrected chi connectivity index (χ1v) is 9.46. The van der Waals surface area contributed by atoms with Crippen LogP contribution in [-0.2, 0) is 27.3 Å². The third-order valence-corrected chi connectivity index (χ3v) is 4.87. The third-order valence-electron chi connectivity index (χ3n) is 4.87. The first kappa shape index (κ1) is 19.6. The molecule has 0 fully saturated rings. The zero-order valence-electron chi connectivity index (χ0n) is 15.7. The molecule has 0 atom stereocenters. The topological polar surface area (TPSA) is 77.9 Å². The Morgan fingerprint density at radius 1 is 1.00 bits per heavy atom. The lowest BCUT2D eigenvalue weighted by Crippen LogP contribution is -2.45. The number of nitrogens with zero attached hydrogens (tertiary/aromatic N) is 2. The van der Waals surface area contributed by atoms with Crippen LogP contribution in [0.4, 0.5) is 5.69 Å². The summed E-state index contributed by atoms with van der Waals surface area (Å²) in [5.74, 6) is -1.12. The fourth-order valence-corrected chi connectivity index (χ4v) is 3.42. The highest BCUT2D eigenvalue weighted by atomic mass is 16.4. The Morgan fingerprint density at radius 3 is 2.46 bits per heavy atom. The number of carbonyl (C=O) groups excluding carboxylic acids is 2. The summed E-state index contributed by atoms with van der Waals surface area (Å²) in [7, 11) is 0. The van der Waals surface area contributed by atoms with Gasteiger partial charge in [0.1, 0.15) is 6.54 Å². The van der Waals surface area contributed by atoms with Crippen LogP contribution in [0, 0.1) is 0 Å². The van der Waals surface area contributed by atoms with E-state index in [0.717, 1.165) is 16.8 Å². The molecule has 6 nitrogen and oxygen atoms in total. The fourth-order valence-electron chi connectivity index (χ4n) is 3.42. The van der Waals surface area contributed by atoms with Gasteiger partial charge in [-0.15, -0.1) is 0 Å². The quantitative estimate of drug-likeness (QED) is 0.764. The lowest BCUT2D eigenvalue weighted by atomic mass is 10.0. The average molecular weight is 380 g/mol. The van der Waals surface area contributed by atoms with Crippen molar-refractivity contribution >= 4 is 23.5 Å². The Hall–Kier alpha value is -3.15. The zero-order chi connectivity index (χ0) is 19.9. The summed E-state index contributed by atoms with van der Waals surface area (Å²) < 4.78 is 0. The van der Waals surface area contributed by atoms with E-state index in [0.29, 0.717) is 32.4 Å². The molecule has 2 aromatic carbocycles. The van der Waals surface area contributed by atoms with Crippen LogP contribution >= 0.6 is 0 Å². The second-order valence-corrected chi connectivity index (χ2v) is 6.91. The molecule has 1 N–H and O–H groups in total. The van der Waals surface area contributed by atoms with Gasteiger partial charge in [-0.05, 0) is 30.0 Å². The third kappa shape index (κ3) is 4.97. The predicted molar refractivity (Wildman–Crippen MR) is 106 cm³/mol. The van der Waals surface area contributed by atoms with Gasteiger partial charge in [-0.3, -0.25) is 14.4 Å². The van der Waals surface area contributed by atoms with Crippen LogP contribution in [0.5, 0.6) is 0 Å². The van der Waals surface area contributed by atoms with E-state index in [-0.39, 0.29) is 24.8 Å². The van der Waals surface area contributed by atoms with Crippen molar-refractivity contribution in [1.29, 1.82) is 0 Å². The number of carboxylic acids is 1. The first-order valence-electron chi connectivity index (χ1n) is 9.46. The van der Waals surface area contributed by atoms with Crippen LogP contribution in [0.15, 0.2) is 54.6 Å². The van der Waals surface area contributed by atoms with Crippen LogP contribution in [0.3, 0.4) is 0 Å². The van der Waals surface area contributed by atoms with E-state index in [9.17, 15) is 14.4 Å². The van der Waals surface area contributed by atoms with Crippen LogP contribution in [0.1, 0.15) is 30.4 Å². The number of para-hydroxylation sites is 1. The minimum Gasteiger partial charge on any atom is -0.481 e. The lowest BCUT2D eigenvalue weighted by molar-refractivity contribution is -0.138. The number of aryl methyl sites for hydroxylation is 1. The van der Waals surface area contributed by atoms with Gasteiger partial charge in [0.15, 0.2) is 0 Å². The van der Waals surface area contributed by atoms with Gasteiger partial charge in [-0.25, -0.2) is 0 Å². The SMILES string of the molecule is O=C(O)CCCN(Cc1ccccc1)C(=O)CN1C(=O)CCc2ccccc21. The number of amides is 2. The molecule has 3 rings (SSSR count). The maximum Gasteiger partial charge on any atom is 0.303 e. The van der Waals surface area contributed by atoms with Gasteiger partial charge >= 0.3 is 5.97 Å². The molecule has 28 heavy (non-hydrogen) atoms. The summed E-state index contributed by atoms with van der Waals surface area (Å²) in [6.45, 7) is 0.697. The summed E-state index contributed by atoms with van der Waals surface area (Å²) >= 11 is 0. The summed E-state index contributed by atoms with van der Waals surface area (Å²) in [5.41, 5.74) is 2.82. The number of hydrogen-bond donors (Lipinski definition) is 1. The standard InChI is InChI=1S/C22H24N2O4/c25-20-13-12-18-9-4-5-10-19(18)24(20)16-21(26)23(14-6-11-22(27)28)15-17-7-2-1-3-8-17/h1-5,7-10H,6,11-16H2,(H,27,28). The largest absolute Gasteiger partial charge is 0.481 e. The molecule has 0 radical (unpaired) electrons. The highest BCUT2D eigenvalue weighted by molar-refractivity contribution is 6.01. The molecule has 0 aliphatic carbocycles. The van der Waals surface area contributed by atoms with Gasteiger partial charge in [0.2, 0.25) is 11.8 Å². The van der Waals surface area contributed by atoms with Crippen LogP contribution in [0.25, 0.3) is 0 Å². The molecule has 6 heteroatoms. The Kier molecular flexibility index (Phi) is 6.42. The monoisotopic (exact) mass is 380 g/mol. The first-order chi connectivity index (χ1) is 13.5. The second-order valence-electron chi connectivity index (χ2n) is 6.91. The fraction of sp³-hybridized carbons (Fsp3) is 0.318. The van der Waals surface area contributed by atoms with Gasteiger partial charge in [0.25, 0.3) is 0 Å². The number of aliphatic carboxylic acids is 1. The highest BCUT2D eigenvalue weighted by Gasteiger charge is 2.27. The van der Waals surface area contributed by atoms with E-state index in [1.54, 1.807) is 9.80 Å². The van der Waals surface area contributed by atoms with Gasteiger partial charge in [-0.1, -0.05) is 48.5 Å². The summed E-state index contributed by atoms with van der Waals surface area (Å²) in [5, 5.41) is 8.90. The Bertz CT molecular complexity index is 851. The molecule has 0 bridgehead atoms. The van der Waals surface area contributed by atoms with E-state index in [1.165, 1.54) is 0 Å². The molecule has 0 spiro atoms. The molecule has 1 heterocycles. The smallest absolute Gasteiger partial charge is 0.303 e. The Morgan fingerprint density at radius 2 is 1.71 bits per heavy atom. The Balaban J connectivity index is 1.74. The van der Waals surface area contributed by atoms with E-state index < -0.39 is 5.97 Å². The molecular formula is C22H24N2O4. The number of rotatable bonds is 8. The molecule has 2 aromatic rings. The van der Waals surface area contributed by atoms with E-state index >= 15 is 0 Å². The number of carboxylic acid groups (broad SMARTS) is 1. The minimum absolute atomic E-state index is 0.00402. The van der Waals surface area contributed by atoms with Crippen LogP contribution in [-0.4, -0.2) is 40.9 Å². The molecule has 1 aliphatic rings. The number of fused-ring (bicyclic) bond motifs is 1. The van der Waals surface area contributed by atoms with E-state index in [1.807, 2.05) is 54.6 Å². The van der Waals surface area contributed by atoms with Crippen LogP contribution in [0.2, 0.25) is 0 Å². The number of benzene rings is 2. The lowest BCUT2D eigenvalue weighted by Gasteiger charge is -2.31. The number of hydrogen-bond acceptors (Lipinski definition) is 3. The number of carbonyl (C=O) groups is 3. The van der Waals surface area contributed by atoms with Crippen molar-refractivity contribution in [1.82, 2.24) is 4.90 Å². The van der Waals surface area contributed by atoms with Crippen molar-refractivity contribution in [3.8, 4) is 0 Å². The van der Waals surface area contributed by atoms with Gasteiger partial charge in [0.05, 0.1) is 0 Å².